The van der Waals surface area contributed by atoms with Crippen LogP contribution in [-0.2, 0) is 7.05 Å². The number of aromatic nitrogens is 1. The highest BCUT2D eigenvalue weighted by molar-refractivity contribution is 7.11. The second-order valence-corrected chi connectivity index (χ2v) is 5.06. The fourth-order valence-corrected chi connectivity index (χ4v) is 2.49. The first-order valence-corrected chi connectivity index (χ1v) is 6.44. The second kappa shape index (κ2) is 5.25. The van der Waals surface area contributed by atoms with Crippen LogP contribution in [0.2, 0.25) is 0 Å². The van der Waals surface area contributed by atoms with Gasteiger partial charge in [0.2, 0.25) is 0 Å². The highest BCUT2D eigenvalue weighted by Gasteiger charge is 2.16. The Morgan fingerprint density at radius 1 is 1.45 bits per heavy atom. The van der Waals surface area contributed by atoms with Crippen molar-refractivity contribution < 1.29 is 9.72 Å². The largest absolute Gasteiger partial charge is 0.321 e. The van der Waals surface area contributed by atoms with E-state index in [4.69, 9.17) is 0 Å². The van der Waals surface area contributed by atoms with Crippen LogP contribution in [0.25, 0.3) is 0 Å². The maximum atomic E-state index is 12.1. The number of amides is 1. The Morgan fingerprint density at radius 2 is 2.15 bits per heavy atom. The topological polar surface area (TPSA) is 94.2 Å². The molecule has 0 unspecified atom stereocenters. The molecular weight excluding hydrogens is 282 g/mol. The van der Waals surface area contributed by atoms with Crippen molar-refractivity contribution in [1.82, 2.24) is 4.57 Å². The van der Waals surface area contributed by atoms with Gasteiger partial charge < -0.3 is 9.88 Å². The minimum Gasteiger partial charge on any atom is -0.321 e. The summed E-state index contributed by atoms with van der Waals surface area (Å²) in [6.07, 6.45) is 0. The molecule has 104 valence electrons. The lowest BCUT2D eigenvalue weighted by atomic mass is 10.2. The summed E-state index contributed by atoms with van der Waals surface area (Å²) in [7, 11) is 1.58. The SMILES string of the molecule is Cc1c(C(=O)Nc2cccc([N+](=O)[O-])c2)sc(=O)n1C. The molecule has 0 saturated heterocycles. The monoisotopic (exact) mass is 293 g/mol. The number of hydrogen-bond donors (Lipinski definition) is 1. The third-order valence-corrected chi connectivity index (χ3v) is 3.95. The van der Waals surface area contributed by atoms with E-state index in [-0.39, 0.29) is 10.6 Å². The van der Waals surface area contributed by atoms with Gasteiger partial charge in [0.15, 0.2) is 0 Å². The summed E-state index contributed by atoms with van der Waals surface area (Å²) in [5, 5.41) is 13.2. The molecule has 0 aliphatic rings. The Balaban J connectivity index is 2.28. The van der Waals surface area contributed by atoms with Gasteiger partial charge in [0.1, 0.15) is 4.88 Å². The zero-order valence-corrected chi connectivity index (χ0v) is 11.6. The molecule has 1 N–H and O–H groups in total. The number of anilines is 1. The van der Waals surface area contributed by atoms with Crippen molar-refractivity contribution in [2.45, 2.75) is 6.92 Å². The molecule has 7 nitrogen and oxygen atoms in total. The van der Waals surface area contributed by atoms with Crippen molar-refractivity contribution in [2.24, 2.45) is 7.05 Å². The van der Waals surface area contributed by atoms with Crippen molar-refractivity contribution in [2.75, 3.05) is 5.32 Å². The predicted molar refractivity (Wildman–Crippen MR) is 75.3 cm³/mol. The summed E-state index contributed by atoms with van der Waals surface area (Å²) in [5.41, 5.74) is 0.760. The second-order valence-electron chi connectivity index (χ2n) is 4.10. The van der Waals surface area contributed by atoms with E-state index in [9.17, 15) is 19.7 Å². The first-order chi connectivity index (χ1) is 9.40. The highest BCUT2D eigenvalue weighted by Crippen LogP contribution is 2.19. The first kappa shape index (κ1) is 13.9. The number of nitro benzene ring substituents is 1. The van der Waals surface area contributed by atoms with Gasteiger partial charge in [-0.05, 0) is 13.0 Å². The van der Waals surface area contributed by atoms with Gasteiger partial charge in [-0.15, -0.1) is 0 Å². The molecule has 1 aromatic carbocycles. The fourth-order valence-electron chi connectivity index (χ4n) is 1.61. The molecule has 1 heterocycles. The molecule has 8 heteroatoms. The van der Waals surface area contributed by atoms with Gasteiger partial charge in [-0.3, -0.25) is 19.7 Å². The molecule has 0 aliphatic heterocycles. The number of carbonyl (C=O) groups excluding carboxylic acids is 1. The van der Waals surface area contributed by atoms with Gasteiger partial charge in [0.05, 0.1) is 4.92 Å². The lowest BCUT2D eigenvalue weighted by Gasteiger charge is -2.04. The van der Waals surface area contributed by atoms with Crippen LogP contribution in [0.1, 0.15) is 15.4 Å². The van der Waals surface area contributed by atoms with E-state index >= 15 is 0 Å². The summed E-state index contributed by atoms with van der Waals surface area (Å²) in [6, 6.07) is 5.63. The minimum atomic E-state index is -0.540. The van der Waals surface area contributed by atoms with Crippen LogP contribution in [0.4, 0.5) is 11.4 Å². The number of hydrogen-bond acceptors (Lipinski definition) is 5. The molecule has 0 fully saturated rings. The summed E-state index contributed by atoms with van der Waals surface area (Å²) >= 11 is 0.840. The maximum Gasteiger partial charge on any atom is 0.307 e. The molecule has 2 rings (SSSR count). The lowest BCUT2D eigenvalue weighted by molar-refractivity contribution is -0.384. The van der Waals surface area contributed by atoms with Crippen molar-refractivity contribution >= 4 is 28.6 Å². The van der Waals surface area contributed by atoms with Gasteiger partial charge in [0.25, 0.3) is 11.6 Å². The molecule has 0 bridgehead atoms. The van der Waals surface area contributed by atoms with E-state index in [1.165, 1.54) is 22.8 Å². The average Bonchev–Trinajstić information content (AvgIpc) is 2.67. The summed E-state index contributed by atoms with van der Waals surface area (Å²) < 4.78 is 1.38. The number of thiazole rings is 1. The van der Waals surface area contributed by atoms with Gasteiger partial charge >= 0.3 is 4.87 Å². The van der Waals surface area contributed by atoms with E-state index in [0.29, 0.717) is 16.3 Å². The molecule has 0 saturated carbocycles. The minimum absolute atomic E-state index is 0.110. The summed E-state index contributed by atoms with van der Waals surface area (Å²) in [4.78, 5) is 33.7. The third kappa shape index (κ3) is 2.59. The molecule has 0 atom stereocenters. The predicted octanol–water partition coefficient (Wildman–Crippen LogP) is 1.92. The van der Waals surface area contributed by atoms with Crippen LogP contribution in [0.15, 0.2) is 29.1 Å². The Bertz CT molecular complexity index is 747. The number of nitrogens with zero attached hydrogens (tertiary/aromatic N) is 2. The maximum absolute atomic E-state index is 12.1. The van der Waals surface area contributed by atoms with Gasteiger partial charge in [-0.25, -0.2) is 0 Å². The number of benzene rings is 1. The van der Waals surface area contributed by atoms with Crippen molar-refractivity contribution in [3.63, 3.8) is 0 Å². The smallest absolute Gasteiger partial charge is 0.307 e. The average molecular weight is 293 g/mol. The Hall–Kier alpha value is -2.48. The van der Waals surface area contributed by atoms with E-state index < -0.39 is 10.8 Å². The lowest BCUT2D eigenvalue weighted by Crippen LogP contribution is -2.13. The van der Waals surface area contributed by atoms with Crippen LogP contribution in [0.5, 0.6) is 0 Å². The van der Waals surface area contributed by atoms with E-state index in [0.717, 1.165) is 11.3 Å². The van der Waals surface area contributed by atoms with E-state index in [1.54, 1.807) is 20.0 Å². The molecule has 0 spiro atoms. The van der Waals surface area contributed by atoms with Crippen molar-refractivity contribution in [3.8, 4) is 0 Å². The van der Waals surface area contributed by atoms with Crippen LogP contribution in [0, 0.1) is 17.0 Å². The normalized spacial score (nSPS) is 10.3. The number of nitrogens with one attached hydrogen (secondary N) is 1. The van der Waals surface area contributed by atoms with E-state index in [2.05, 4.69) is 5.32 Å². The highest BCUT2D eigenvalue weighted by atomic mass is 32.1. The van der Waals surface area contributed by atoms with E-state index in [1.807, 2.05) is 0 Å². The molecule has 0 aliphatic carbocycles. The van der Waals surface area contributed by atoms with Crippen LogP contribution in [0.3, 0.4) is 0 Å². The quantitative estimate of drug-likeness (QED) is 0.691. The zero-order valence-electron chi connectivity index (χ0n) is 10.7. The van der Waals surface area contributed by atoms with Crippen LogP contribution < -0.4 is 10.2 Å². The number of rotatable bonds is 3. The Kier molecular flexibility index (Phi) is 3.66. The number of nitro groups is 1. The van der Waals surface area contributed by atoms with Gasteiger partial charge in [-0.1, -0.05) is 17.4 Å². The zero-order chi connectivity index (χ0) is 14.9. The molecule has 1 amide bonds. The summed E-state index contributed by atoms with van der Waals surface area (Å²) in [6.45, 7) is 1.67. The standard InChI is InChI=1S/C12H11N3O4S/c1-7-10(20-12(17)14(7)2)11(16)13-8-4-3-5-9(6-8)15(18)19/h3-6H,1-2H3,(H,13,16). The Labute approximate surface area is 117 Å². The van der Waals surface area contributed by atoms with Crippen LogP contribution in [-0.4, -0.2) is 15.4 Å². The molecule has 1 aromatic heterocycles. The third-order valence-electron chi connectivity index (χ3n) is 2.82. The molecule has 0 radical (unpaired) electrons. The first-order valence-electron chi connectivity index (χ1n) is 5.62. The number of carbonyl (C=O) groups is 1. The molecular formula is C12H11N3O4S. The molecule has 2 aromatic rings. The fraction of sp³-hybridized carbons (Fsp3) is 0.167. The molecule has 20 heavy (non-hydrogen) atoms. The van der Waals surface area contributed by atoms with Gasteiger partial charge in [-0.2, -0.15) is 0 Å². The Morgan fingerprint density at radius 3 is 2.70 bits per heavy atom. The summed E-state index contributed by atoms with van der Waals surface area (Å²) in [5.74, 6) is -0.453. The van der Waals surface area contributed by atoms with Crippen LogP contribution >= 0.6 is 11.3 Å². The van der Waals surface area contributed by atoms with Gasteiger partial charge in [0, 0.05) is 30.6 Å². The van der Waals surface area contributed by atoms with Crippen molar-refractivity contribution in [3.05, 3.63) is 54.6 Å². The van der Waals surface area contributed by atoms with Crippen molar-refractivity contribution in [1.29, 1.82) is 0 Å². The number of non-ortho nitro benzene ring substituents is 1.